The summed E-state index contributed by atoms with van der Waals surface area (Å²) in [5.41, 5.74) is 9.77. The van der Waals surface area contributed by atoms with Gasteiger partial charge in [-0.2, -0.15) is 0 Å². The Hall–Kier alpha value is -4.31. The van der Waals surface area contributed by atoms with Gasteiger partial charge in [0.2, 0.25) is 0 Å². The van der Waals surface area contributed by atoms with Crippen molar-refractivity contribution in [3.8, 4) is 28.8 Å². The van der Waals surface area contributed by atoms with Crippen molar-refractivity contribution in [2.45, 2.75) is 32.4 Å². The highest BCUT2D eigenvalue weighted by molar-refractivity contribution is 5.94. The number of ether oxygens (including phenoxy) is 1. The van der Waals surface area contributed by atoms with E-state index in [9.17, 15) is 4.79 Å². The number of nitrogen functional groups attached to an aromatic ring is 1. The molecule has 2 N–H and O–H groups in total. The number of rotatable bonds is 5. The lowest BCUT2D eigenvalue weighted by Crippen LogP contribution is -2.30. The van der Waals surface area contributed by atoms with Gasteiger partial charge in [0.05, 0.1) is 6.04 Å². The van der Waals surface area contributed by atoms with E-state index in [0.717, 1.165) is 46.8 Å². The Morgan fingerprint density at radius 1 is 1.18 bits per heavy atom. The second kappa shape index (κ2) is 9.28. The van der Waals surface area contributed by atoms with Gasteiger partial charge in [-0.05, 0) is 55.5 Å². The minimum atomic E-state index is -0.176. The van der Waals surface area contributed by atoms with Crippen molar-refractivity contribution in [1.29, 1.82) is 0 Å². The summed E-state index contributed by atoms with van der Waals surface area (Å²) in [6.45, 7) is 2.84. The summed E-state index contributed by atoms with van der Waals surface area (Å²) in [5.74, 6) is 7.13. The zero-order valence-electron chi connectivity index (χ0n) is 18.9. The molecule has 7 heteroatoms. The molecule has 7 nitrogen and oxygen atoms in total. The summed E-state index contributed by atoms with van der Waals surface area (Å²) in [6, 6.07) is 17.7. The van der Waals surface area contributed by atoms with Crippen LogP contribution in [-0.2, 0) is 11.4 Å². The number of anilines is 1. The Bertz CT molecular complexity index is 1380. The molecule has 2 aromatic heterocycles. The van der Waals surface area contributed by atoms with Crippen LogP contribution in [-0.4, -0.2) is 31.7 Å². The van der Waals surface area contributed by atoms with E-state index >= 15 is 0 Å². The van der Waals surface area contributed by atoms with Crippen LogP contribution in [0, 0.1) is 11.8 Å². The number of carbonyl (C=O) groups is 1. The Kier molecular flexibility index (Phi) is 5.88. The van der Waals surface area contributed by atoms with E-state index in [2.05, 4.69) is 16.8 Å². The third-order valence-corrected chi connectivity index (χ3v) is 6.03. The highest BCUT2D eigenvalue weighted by atomic mass is 16.5. The van der Waals surface area contributed by atoms with E-state index in [-0.39, 0.29) is 11.9 Å². The van der Waals surface area contributed by atoms with Crippen molar-refractivity contribution in [1.82, 2.24) is 19.3 Å². The fourth-order valence-corrected chi connectivity index (χ4v) is 4.43. The molecule has 1 aliphatic heterocycles. The average Bonchev–Trinajstić information content (AvgIpc) is 3.50. The van der Waals surface area contributed by atoms with Crippen LogP contribution in [0.5, 0.6) is 5.75 Å². The number of hydrogen-bond donors (Lipinski definition) is 1. The number of carbonyl (C=O) groups excluding carboxylic acids is 1. The SMILES string of the molecule is CC#CC(=O)N1CCC[C@H]1c1nc(-c2ccc(OCc3ccccc3)cc2)c2c(N)nccn12. The molecule has 0 unspecified atom stereocenters. The molecule has 0 bridgehead atoms. The molecule has 34 heavy (non-hydrogen) atoms. The zero-order chi connectivity index (χ0) is 23.5. The third kappa shape index (κ3) is 4.06. The van der Waals surface area contributed by atoms with Crippen LogP contribution in [0.4, 0.5) is 5.82 Å². The minimum Gasteiger partial charge on any atom is -0.489 e. The van der Waals surface area contributed by atoms with Crippen molar-refractivity contribution in [2.75, 3.05) is 12.3 Å². The van der Waals surface area contributed by atoms with E-state index in [1.165, 1.54) is 0 Å². The second-order valence-corrected chi connectivity index (χ2v) is 8.18. The number of likely N-dealkylation sites (tertiary alicyclic amines) is 1. The maximum atomic E-state index is 12.6. The molecule has 1 fully saturated rings. The molecule has 1 aliphatic rings. The first-order valence-electron chi connectivity index (χ1n) is 11.3. The van der Waals surface area contributed by atoms with Gasteiger partial charge in [0, 0.05) is 24.5 Å². The third-order valence-electron chi connectivity index (χ3n) is 6.03. The molecule has 2 aromatic carbocycles. The molecule has 0 radical (unpaired) electrons. The summed E-state index contributed by atoms with van der Waals surface area (Å²) >= 11 is 0. The predicted octanol–water partition coefficient (Wildman–Crippen LogP) is 4.24. The fourth-order valence-electron chi connectivity index (χ4n) is 4.43. The van der Waals surface area contributed by atoms with Gasteiger partial charge in [0.15, 0.2) is 0 Å². The number of aromatic nitrogens is 3. The van der Waals surface area contributed by atoms with Crippen molar-refractivity contribution in [3.05, 3.63) is 78.4 Å². The van der Waals surface area contributed by atoms with Gasteiger partial charge in [-0.15, -0.1) is 0 Å². The smallest absolute Gasteiger partial charge is 0.299 e. The Morgan fingerprint density at radius 2 is 1.97 bits per heavy atom. The summed E-state index contributed by atoms with van der Waals surface area (Å²) in [7, 11) is 0. The summed E-state index contributed by atoms with van der Waals surface area (Å²) in [5, 5.41) is 0. The standard InChI is InChI=1S/C27H25N5O2/c1-2-7-23(33)31-16-6-10-22(31)27-30-24(25-26(28)29-15-17-32(25)27)20-11-13-21(14-12-20)34-18-19-8-4-3-5-9-19/h3-5,8-9,11-15,17,22H,6,10,16,18H2,1H3,(H2,28,29)/t22-/m0/s1. The molecule has 5 rings (SSSR count). The van der Waals surface area contributed by atoms with Crippen LogP contribution in [0.1, 0.15) is 37.2 Å². The number of imidazole rings is 1. The Balaban J connectivity index is 1.48. The van der Waals surface area contributed by atoms with Gasteiger partial charge in [-0.3, -0.25) is 9.20 Å². The van der Waals surface area contributed by atoms with Gasteiger partial charge in [0.1, 0.15) is 35.2 Å². The fraction of sp³-hybridized carbons (Fsp3) is 0.222. The number of fused-ring (bicyclic) bond motifs is 1. The first-order valence-corrected chi connectivity index (χ1v) is 11.3. The van der Waals surface area contributed by atoms with Crippen LogP contribution < -0.4 is 10.5 Å². The van der Waals surface area contributed by atoms with E-state index in [0.29, 0.717) is 19.0 Å². The van der Waals surface area contributed by atoms with Gasteiger partial charge >= 0.3 is 0 Å². The molecule has 170 valence electrons. The van der Waals surface area contributed by atoms with Crippen molar-refractivity contribution < 1.29 is 9.53 Å². The lowest BCUT2D eigenvalue weighted by molar-refractivity contribution is -0.126. The number of benzene rings is 2. The molecular formula is C27H25N5O2. The molecular weight excluding hydrogens is 426 g/mol. The topological polar surface area (TPSA) is 85.8 Å². The monoisotopic (exact) mass is 451 g/mol. The van der Waals surface area contributed by atoms with Gasteiger partial charge in [0.25, 0.3) is 5.91 Å². The molecule has 1 amide bonds. The van der Waals surface area contributed by atoms with Crippen LogP contribution in [0.3, 0.4) is 0 Å². The van der Waals surface area contributed by atoms with Crippen molar-refractivity contribution in [3.63, 3.8) is 0 Å². The zero-order valence-corrected chi connectivity index (χ0v) is 18.9. The maximum absolute atomic E-state index is 12.6. The van der Waals surface area contributed by atoms with Crippen molar-refractivity contribution >= 4 is 17.2 Å². The lowest BCUT2D eigenvalue weighted by Gasteiger charge is -2.21. The Morgan fingerprint density at radius 3 is 2.74 bits per heavy atom. The molecule has 0 saturated carbocycles. The van der Waals surface area contributed by atoms with E-state index in [1.54, 1.807) is 18.0 Å². The van der Waals surface area contributed by atoms with Crippen LogP contribution >= 0.6 is 0 Å². The summed E-state index contributed by atoms with van der Waals surface area (Å²) in [6.07, 6.45) is 5.23. The van der Waals surface area contributed by atoms with E-state index in [4.69, 9.17) is 15.5 Å². The van der Waals surface area contributed by atoms with Gasteiger partial charge < -0.3 is 15.4 Å². The largest absolute Gasteiger partial charge is 0.489 e. The van der Waals surface area contributed by atoms with E-state index < -0.39 is 0 Å². The molecule has 0 spiro atoms. The quantitative estimate of drug-likeness (QED) is 0.459. The first kappa shape index (κ1) is 21.5. The lowest BCUT2D eigenvalue weighted by atomic mass is 10.1. The van der Waals surface area contributed by atoms with Crippen molar-refractivity contribution in [2.24, 2.45) is 0 Å². The minimum absolute atomic E-state index is 0.162. The highest BCUT2D eigenvalue weighted by Crippen LogP contribution is 2.36. The number of nitrogens with two attached hydrogens (primary N) is 1. The van der Waals surface area contributed by atoms with Gasteiger partial charge in [-0.25, -0.2) is 9.97 Å². The van der Waals surface area contributed by atoms with Crippen LogP contribution in [0.2, 0.25) is 0 Å². The maximum Gasteiger partial charge on any atom is 0.299 e. The molecule has 3 heterocycles. The molecule has 0 aliphatic carbocycles. The predicted molar refractivity (Wildman–Crippen MR) is 131 cm³/mol. The van der Waals surface area contributed by atoms with E-state index in [1.807, 2.05) is 65.2 Å². The van der Waals surface area contributed by atoms with Crippen LogP contribution in [0.25, 0.3) is 16.8 Å². The average molecular weight is 452 g/mol. The normalized spacial score (nSPS) is 15.2. The highest BCUT2D eigenvalue weighted by Gasteiger charge is 2.33. The number of hydrogen-bond acceptors (Lipinski definition) is 5. The molecule has 4 aromatic rings. The molecule has 1 atom stereocenters. The summed E-state index contributed by atoms with van der Waals surface area (Å²) < 4.78 is 7.88. The number of nitrogens with zero attached hydrogens (tertiary/aromatic N) is 4. The van der Waals surface area contributed by atoms with Crippen LogP contribution in [0.15, 0.2) is 67.0 Å². The van der Waals surface area contributed by atoms with Gasteiger partial charge in [-0.1, -0.05) is 36.3 Å². The summed E-state index contributed by atoms with van der Waals surface area (Å²) in [4.78, 5) is 23.6. The second-order valence-electron chi connectivity index (χ2n) is 8.18. The first-order chi connectivity index (χ1) is 16.7. The molecule has 1 saturated heterocycles. The number of amides is 1. The Labute approximate surface area is 198 Å².